The summed E-state index contributed by atoms with van der Waals surface area (Å²) >= 11 is 0. The predicted octanol–water partition coefficient (Wildman–Crippen LogP) is 4.83. The first-order valence-corrected chi connectivity index (χ1v) is 14.9. The van der Waals surface area contributed by atoms with E-state index in [0.717, 1.165) is 11.1 Å². The molecule has 9 heteroatoms. The molecule has 0 amide bonds. The van der Waals surface area contributed by atoms with Crippen molar-refractivity contribution in [3.63, 3.8) is 0 Å². The minimum atomic E-state index is -1.59. The van der Waals surface area contributed by atoms with Crippen LogP contribution in [-0.2, 0) is 57.2 Å². The Morgan fingerprint density at radius 3 is 1.80 bits per heavy atom. The predicted molar refractivity (Wildman–Crippen MR) is 153 cm³/mol. The lowest BCUT2D eigenvalue weighted by molar-refractivity contribution is -0.471. The SMILES string of the molecule is COC1(C)O[C@H]2[C@H](OC1(C)OC)[C@@H](COCc1ccccc1)O[C@H](S(=O)c1ccccc1)[C@H]2OCc1ccccc1. The summed E-state index contributed by atoms with van der Waals surface area (Å²) in [5, 5.41) is 0. The van der Waals surface area contributed by atoms with Gasteiger partial charge in [0.05, 0.1) is 30.6 Å². The third-order valence-electron chi connectivity index (χ3n) is 7.78. The van der Waals surface area contributed by atoms with E-state index in [1.54, 1.807) is 28.1 Å². The average molecular weight is 583 g/mol. The standard InChI is InChI=1S/C32H38O8S/c1-31(34-3)32(2,35-4)40-28-27(39-31)26(22-36-20-23-14-8-5-9-15-23)38-30(41(33)25-18-12-7-13-19-25)29(28)37-21-24-16-10-6-11-17-24/h5-19,26-30H,20-22H2,1-4H3/t26-,27-,28+,29+,30-,31?,32?,41?/m1/s1. The molecule has 0 aliphatic carbocycles. The zero-order valence-corrected chi connectivity index (χ0v) is 24.7. The normalized spacial score (nSPS) is 32.2. The fraction of sp³-hybridized carbons (Fsp3) is 0.438. The Kier molecular flexibility index (Phi) is 9.68. The van der Waals surface area contributed by atoms with E-state index >= 15 is 0 Å². The minimum absolute atomic E-state index is 0.177. The fourth-order valence-electron chi connectivity index (χ4n) is 5.16. The second-order valence-corrected chi connectivity index (χ2v) is 11.9. The molecule has 8 nitrogen and oxygen atoms in total. The molecule has 8 atom stereocenters. The maximum absolute atomic E-state index is 14.1. The van der Waals surface area contributed by atoms with Crippen LogP contribution >= 0.6 is 0 Å². The number of benzene rings is 3. The highest BCUT2D eigenvalue weighted by Crippen LogP contribution is 2.45. The molecule has 220 valence electrons. The van der Waals surface area contributed by atoms with E-state index in [9.17, 15) is 4.21 Å². The van der Waals surface area contributed by atoms with Gasteiger partial charge in [0, 0.05) is 19.1 Å². The molecule has 0 radical (unpaired) electrons. The molecule has 5 rings (SSSR count). The lowest BCUT2D eigenvalue weighted by Crippen LogP contribution is -2.73. The van der Waals surface area contributed by atoms with Crippen LogP contribution in [0, 0.1) is 0 Å². The summed E-state index contributed by atoms with van der Waals surface area (Å²) in [6.07, 6.45) is -2.76. The topological polar surface area (TPSA) is 81.7 Å². The molecule has 2 fully saturated rings. The largest absolute Gasteiger partial charge is 0.374 e. The quantitative estimate of drug-likeness (QED) is 0.318. The summed E-state index contributed by atoms with van der Waals surface area (Å²) in [4.78, 5) is 0.626. The van der Waals surface area contributed by atoms with Gasteiger partial charge in [0.25, 0.3) is 0 Å². The van der Waals surface area contributed by atoms with Gasteiger partial charge in [-0.2, -0.15) is 0 Å². The number of fused-ring (bicyclic) bond motifs is 1. The van der Waals surface area contributed by atoms with Crippen molar-refractivity contribution in [1.29, 1.82) is 0 Å². The Labute approximate surface area is 244 Å². The van der Waals surface area contributed by atoms with E-state index in [0.29, 0.717) is 11.5 Å². The average Bonchev–Trinajstić information content (AvgIpc) is 3.02. The highest BCUT2D eigenvalue weighted by Gasteiger charge is 2.63. The molecule has 0 spiro atoms. The molecule has 0 N–H and O–H groups in total. The van der Waals surface area contributed by atoms with Gasteiger partial charge in [-0.15, -0.1) is 0 Å². The van der Waals surface area contributed by atoms with Gasteiger partial charge in [-0.25, -0.2) is 0 Å². The molecular weight excluding hydrogens is 544 g/mol. The number of rotatable bonds is 11. The van der Waals surface area contributed by atoms with E-state index in [1.807, 2.05) is 91.0 Å². The molecule has 0 saturated carbocycles. The Morgan fingerprint density at radius 2 is 1.24 bits per heavy atom. The first-order valence-electron chi connectivity index (χ1n) is 13.7. The summed E-state index contributed by atoms with van der Waals surface area (Å²) in [6, 6.07) is 28.9. The molecule has 3 aromatic carbocycles. The third kappa shape index (κ3) is 6.48. The van der Waals surface area contributed by atoms with Gasteiger partial charge in [0.15, 0.2) is 5.44 Å². The highest BCUT2D eigenvalue weighted by molar-refractivity contribution is 7.85. The second kappa shape index (κ2) is 13.2. The monoisotopic (exact) mass is 582 g/mol. The molecule has 2 saturated heterocycles. The van der Waals surface area contributed by atoms with Gasteiger partial charge in [0.2, 0.25) is 11.6 Å². The number of methoxy groups -OCH3 is 2. The molecule has 2 heterocycles. The van der Waals surface area contributed by atoms with Crippen molar-refractivity contribution >= 4 is 10.8 Å². The van der Waals surface area contributed by atoms with Gasteiger partial charge in [-0.1, -0.05) is 78.9 Å². The van der Waals surface area contributed by atoms with Crippen molar-refractivity contribution in [3.05, 3.63) is 102 Å². The van der Waals surface area contributed by atoms with Crippen molar-refractivity contribution in [1.82, 2.24) is 0 Å². The van der Waals surface area contributed by atoms with Crippen molar-refractivity contribution in [2.45, 2.75) is 73.4 Å². The maximum atomic E-state index is 14.1. The Morgan fingerprint density at radius 1 is 0.732 bits per heavy atom. The van der Waals surface area contributed by atoms with Gasteiger partial charge in [-0.05, 0) is 37.1 Å². The summed E-state index contributed by atoms with van der Waals surface area (Å²) in [5.41, 5.74) is 1.13. The Balaban J connectivity index is 1.48. The second-order valence-electron chi connectivity index (χ2n) is 10.4. The summed E-state index contributed by atoms with van der Waals surface area (Å²) in [5.74, 6) is -2.55. The molecule has 3 unspecified atom stereocenters. The number of ether oxygens (including phenoxy) is 7. The summed E-state index contributed by atoms with van der Waals surface area (Å²) in [6.45, 7) is 4.36. The highest BCUT2D eigenvalue weighted by atomic mass is 32.2. The van der Waals surface area contributed by atoms with Gasteiger partial charge >= 0.3 is 0 Å². The molecule has 0 aromatic heterocycles. The first-order chi connectivity index (χ1) is 19.9. The molecule has 2 aliphatic rings. The lowest BCUT2D eigenvalue weighted by atomic mass is 9.94. The zero-order chi connectivity index (χ0) is 28.9. The van der Waals surface area contributed by atoms with Crippen LogP contribution in [0.4, 0.5) is 0 Å². The number of hydrogen-bond acceptors (Lipinski definition) is 8. The van der Waals surface area contributed by atoms with Crippen LogP contribution in [-0.4, -0.2) is 66.5 Å². The van der Waals surface area contributed by atoms with Crippen LogP contribution in [0.2, 0.25) is 0 Å². The van der Waals surface area contributed by atoms with E-state index < -0.39 is 52.2 Å². The van der Waals surface area contributed by atoms with Crippen LogP contribution in [0.1, 0.15) is 25.0 Å². The molecule has 3 aromatic rings. The van der Waals surface area contributed by atoms with Crippen molar-refractivity contribution in [3.8, 4) is 0 Å². The van der Waals surface area contributed by atoms with Crippen molar-refractivity contribution in [2.75, 3.05) is 20.8 Å². The molecule has 41 heavy (non-hydrogen) atoms. The van der Waals surface area contributed by atoms with E-state index in [2.05, 4.69) is 0 Å². The number of hydrogen-bond donors (Lipinski definition) is 0. The first kappa shape index (κ1) is 30.0. The lowest BCUT2D eigenvalue weighted by Gasteiger charge is -2.57. The van der Waals surface area contributed by atoms with E-state index in [4.69, 9.17) is 33.2 Å². The molecular formula is C32H38O8S. The van der Waals surface area contributed by atoms with Crippen LogP contribution in [0.15, 0.2) is 95.9 Å². The fourth-order valence-corrected chi connectivity index (χ4v) is 6.57. The van der Waals surface area contributed by atoms with Gasteiger partial charge in [-0.3, -0.25) is 4.21 Å². The van der Waals surface area contributed by atoms with E-state index in [-0.39, 0.29) is 13.2 Å². The smallest absolute Gasteiger partial charge is 0.220 e. The van der Waals surface area contributed by atoms with Crippen molar-refractivity contribution in [2.24, 2.45) is 0 Å². The summed E-state index contributed by atoms with van der Waals surface area (Å²) < 4.78 is 58.2. The van der Waals surface area contributed by atoms with Crippen molar-refractivity contribution < 1.29 is 37.4 Å². The van der Waals surface area contributed by atoms with Crippen LogP contribution in [0.25, 0.3) is 0 Å². The van der Waals surface area contributed by atoms with Crippen LogP contribution in [0.3, 0.4) is 0 Å². The Hall–Kier alpha value is -2.47. The minimum Gasteiger partial charge on any atom is -0.374 e. The van der Waals surface area contributed by atoms with Gasteiger partial charge in [0.1, 0.15) is 24.4 Å². The Bertz CT molecular complexity index is 1260. The molecule has 0 bridgehead atoms. The van der Waals surface area contributed by atoms with Crippen LogP contribution in [0.5, 0.6) is 0 Å². The maximum Gasteiger partial charge on any atom is 0.220 e. The van der Waals surface area contributed by atoms with Crippen LogP contribution < -0.4 is 0 Å². The van der Waals surface area contributed by atoms with Gasteiger partial charge < -0.3 is 33.2 Å². The zero-order valence-electron chi connectivity index (χ0n) is 23.8. The third-order valence-corrected chi connectivity index (χ3v) is 9.32. The molecule has 2 aliphatic heterocycles. The summed E-state index contributed by atoms with van der Waals surface area (Å²) in [7, 11) is 1.49. The van der Waals surface area contributed by atoms with E-state index in [1.165, 1.54) is 0 Å².